The maximum absolute atomic E-state index is 13.3. The molecule has 0 aromatic heterocycles. The Hall–Kier alpha value is -1.14. The summed E-state index contributed by atoms with van der Waals surface area (Å²) in [6, 6.07) is 3.00. The van der Waals surface area contributed by atoms with E-state index in [0.717, 1.165) is 18.2 Å². The molecule has 1 N–H and O–H groups in total. The molecule has 6 heteroatoms. The van der Waals surface area contributed by atoms with Crippen LogP contribution in [-0.2, 0) is 14.6 Å². The van der Waals surface area contributed by atoms with Crippen molar-refractivity contribution in [2.24, 2.45) is 0 Å². The lowest BCUT2D eigenvalue weighted by molar-refractivity contribution is 0.0415. The fourth-order valence-electron chi connectivity index (χ4n) is 1.29. The van der Waals surface area contributed by atoms with Gasteiger partial charge in [0, 0.05) is 6.07 Å². The molecule has 0 atom stereocenters. The van der Waals surface area contributed by atoms with Gasteiger partial charge in [0.25, 0.3) is 0 Å². The predicted molar refractivity (Wildman–Crippen MR) is 49.9 cm³/mol. The standard InChI is InChI=1S/C9H9FO4S/c10-8-3-6(11)1-2-9(8)15(12,13)7-4-14-5-7/h1-3,7,11H,4-5H2. The number of aromatic hydroxyl groups is 1. The molecule has 0 bridgehead atoms. The van der Waals surface area contributed by atoms with Crippen LogP contribution in [0.25, 0.3) is 0 Å². The van der Waals surface area contributed by atoms with Crippen molar-refractivity contribution >= 4 is 9.84 Å². The number of ether oxygens (including phenoxy) is 1. The molecule has 1 saturated heterocycles. The SMILES string of the molecule is O=S(=O)(c1ccc(O)cc1F)C1COC1. The molecule has 0 saturated carbocycles. The zero-order valence-electron chi connectivity index (χ0n) is 7.68. The minimum atomic E-state index is -3.66. The van der Waals surface area contributed by atoms with E-state index < -0.39 is 20.9 Å². The minimum absolute atomic E-state index is 0.0999. The van der Waals surface area contributed by atoms with Crippen molar-refractivity contribution in [2.45, 2.75) is 10.1 Å². The van der Waals surface area contributed by atoms with E-state index in [-0.39, 0.29) is 23.9 Å². The molecule has 0 radical (unpaired) electrons. The van der Waals surface area contributed by atoms with E-state index in [1.165, 1.54) is 0 Å². The van der Waals surface area contributed by atoms with Crippen LogP contribution in [0, 0.1) is 5.82 Å². The summed E-state index contributed by atoms with van der Waals surface area (Å²) >= 11 is 0. The van der Waals surface area contributed by atoms with Crippen LogP contribution in [-0.4, -0.2) is 32.0 Å². The zero-order chi connectivity index (χ0) is 11.1. The lowest BCUT2D eigenvalue weighted by Gasteiger charge is -2.25. The summed E-state index contributed by atoms with van der Waals surface area (Å²) in [6.07, 6.45) is 0. The number of rotatable bonds is 2. The highest BCUT2D eigenvalue weighted by Crippen LogP contribution is 2.25. The maximum atomic E-state index is 13.3. The van der Waals surface area contributed by atoms with E-state index in [0.29, 0.717) is 0 Å². The van der Waals surface area contributed by atoms with E-state index in [9.17, 15) is 12.8 Å². The van der Waals surface area contributed by atoms with Crippen molar-refractivity contribution in [3.05, 3.63) is 24.0 Å². The molecule has 0 spiro atoms. The van der Waals surface area contributed by atoms with Gasteiger partial charge in [-0.25, -0.2) is 12.8 Å². The topological polar surface area (TPSA) is 63.6 Å². The quantitative estimate of drug-likeness (QED) is 0.815. The molecule has 1 aromatic rings. The Labute approximate surface area is 86.2 Å². The summed E-state index contributed by atoms with van der Waals surface area (Å²) in [5.41, 5.74) is 0. The smallest absolute Gasteiger partial charge is 0.188 e. The Morgan fingerprint density at radius 3 is 2.53 bits per heavy atom. The third-order valence-corrected chi connectivity index (χ3v) is 4.36. The summed E-state index contributed by atoms with van der Waals surface area (Å²) in [7, 11) is -3.66. The third-order valence-electron chi connectivity index (χ3n) is 2.27. The van der Waals surface area contributed by atoms with Crippen LogP contribution in [0.4, 0.5) is 4.39 Å². The number of hydrogen-bond donors (Lipinski definition) is 1. The van der Waals surface area contributed by atoms with Crippen molar-refractivity contribution in [1.29, 1.82) is 0 Å². The Morgan fingerprint density at radius 1 is 1.40 bits per heavy atom. The van der Waals surface area contributed by atoms with E-state index in [4.69, 9.17) is 9.84 Å². The first-order valence-corrected chi connectivity index (χ1v) is 5.86. The molecule has 1 aliphatic heterocycles. The first-order valence-electron chi connectivity index (χ1n) is 4.32. The van der Waals surface area contributed by atoms with Gasteiger partial charge in [-0.15, -0.1) is 0 Å². The molecule has 2 rings (SSSR count). The van der Waals surface area contributed by atoms with Gasteiger partial charge in [-0.2, -0.15) is 0 Å². The molecule has 0 unspecified atom stereocenters. The average molecular weight is 232 g/mol. The second-order valence-electron chi connectivity index (χ2n) is 3.32. The fourth-order valence-corrected chi connectivity index (χ4v) is 2.79. The van der Waals surface area contributed by atoms with E-state index in [1.807, 2.05) is 0 Å². The first kappa shape index (κ1) is 10.4. The highest BCUT2D eigenvalue weighted by Gasteiger charge is 2.35. The Kier molecular flexibility index (Phi) is 2.40. The molecule has 0 aliphatic carbocycles. The second kappa shape index (κ2) is 3.46. The minimum Gasteiger partial charge on any atom is -0.508 e. The third kappa shape index (κ3) is 1.70. The molecule has 15 heavy (non-hydrogen) atoms. The predicted octanol–water partition coefficient (Wildman–Crippen LogP) is 0.704. The van der Waals surface area contributed by atoms with Crippen LogP contribution in [0.3, 0.4) is 0 Å². The summed E-state index contributed by atoms with van der Waals surface area (Å²) in [5, 5.41) is 8.28. The molecular formula is C9H9FO4S. The molecule has 1 aromatic carbocycles. The van der Waals surface area contributed by atoms with Crippen LogP contribution >= 0.6 is 0 Å². The Morgan fingerprint density at radius 2 is 2.07 bits per heavy atom. The first-order chi connectivity index (χ1) is 7.01. The maximum Gasteiger partial charge on any atom is 0.188 e. The summed E-state index contributed by atoms with van der Waals surface area (Å²) < 4.78 is 41.5. The zero-order valence-corrected chi connectivity index (χ0v) is 8.50. The molecule has 1 fully saturated rings. The Balaban J connectivity index is 2.44. The summed E-state index contributed by atoms with van der Waals surface area (Å²) in [5.74, 6) is -1.22. The molecule has 1 heterocycles. The van der Waals surface area contributed by atoms with Crippen molar-refractivity contribution in [3.8, 4) is 5.75 Å². The Bertz CT molecular complexity index is 479. The van der Waals surface area contributed by atoms with E-state index in [1.54, 1.807) is 0 Å². The van der Waals surface area contributed by atoms with Gasteiger partial charge >= 0.3 is 0 Å². The number of phenols is 1. The van der Waals surface area contributed by atoms with Crippen LogP contribution < -0.4 is 0 Å². The van der Waals surface area contributed by atoms with Gasteiger partial charge in [-0.3, -0.25) is 0 Å². The lowest BCUT2D eigenvalue weighted by Crippen LogP contribution is -2.40. The largest absolute Gasteiger partial charge is 0.508 e. The number of benzene rings is 1. The summed E-state index contributed by atoms with van der Waals surface area (Å²) in [6.45, 7) is 0.200. The van der Waals surface area contributed by atoms with Gasteiger partial charge in [-0.1, -0.05) is 0 Å². The van der Waals surface area contributed by atoms with Crippen molar-refractivity contribution in [1.82, 2.24) is 0 Å². The molecule has 1 aliphatic rings. The van der Waals surface area contributed by atoms with Crippen LogP contribution in [0.1, 0.15) is 0 Å². The normalized spacial score (nSPS) is 17.4. The van der Waals surface area contributed by atoms with Crippen molar-refractivity contribution in [3.63, 3.8) is 0 Å². The monoisotopic (exact) mass is 232 g/mol. The highest BCUT2D eigenvalue weighted by molar-refractivity contribution is 7.92. The highest BCUT2D eigenvalue weighted by atomic mass is 32.2. The van der Waals surface area contributed by atoms with Gasteiger partial charge in [0.05, 0.1) is 13.2 Å². The van der Waals surface area contributed by atoms with Gasteiger partial charge in [-0.05, 0) is 12.1 Å². The number of sulfone groups is 1. The molecular weight excluding hydrogens is 223 g/mol. The summed E-state index contributed by atoms with van der Waals surface area (Å²) in [4.78, 5) is -0.381. The van der Waals surface area contributed by atoms with Gasteiger partial charge in [0.2, 0.25) is 0 Å². The fraction of sp³-hybridized carbons (Fsp3) is 0.333. The van der Waals surface area contributed by atoms with Gasteiger partial charge in [0.1, 0.15) is 21.7 Å². The van der Waals surface area contributed by atoms with E-state index in [2.05, 4.69) is 0 Å². The van der Waals surface area contributed by atoms with Crippen molar-refractivity contribution < 1.29 is 22.7 Å². The van der Waals surface area contributed by atoms with Gasteiger partial charge in [0.15, 0.2) is 9.84 Å². The molecule has 4 nitrogen and oxygen atoms in total. The lowest BCUT2D eigenvalue weighted by atomic mass is 10.3. The van der Waals surface area contributed by atoms with E-state index >= 15 is 0 Å². The second-order valence-corrected chi connectivity index (χ2v) is 5.52. The van der Waals surface area contributed by atoms with Gasteiger partial charge < -0.3 is 9.84 Å². The van der Waals surface area contributed by atoms with Crippen molar-refractivity contribution in [2.75, 3.05) is 13.2 Å². The number of hydrogen-bond acceptors (Lipinski definition) is 4. The number of halogens is 1. The average Bonchev–Trinajstić information content (AvgIpc) is 1.97. The van der Waals surface area contributed by atoms with Crippen LogP contribution in [0.15, 0.2) is 23.1 Å². The molecule has 82 valence electrons. The number of phenolic OH excluding ortho intramolecular Hbond substituents is 1. The molecule has 0 amide bonds. The van der Waals surface area contributed by atoms with Crippen LogP contribution in [0.5, 0.6) is 5.75 Å². The van der Waals surface area contributed by atoms with Crippen LogP contribution in [0.2, 0.25) is 0 Å².